The number of carbonyl (C=O) groups is 1. The minimum Gasteiger partial charge on any atom is -0.493 e. The SMILES string of the molecule is COc1cccc(Cn2nccc2NC(=O)CCSc2ccccc2F)c1OC. The van der Waals surface area contributed by atoms with Gasteiger partial charge in [-0.05, 0) is 18.2 Å². The van der Waals surface area contributed by atoms with E-state index >= 15 is 0 Å². The molecule has 2 aromatic carbocycles. The van der Waals surface area contributed by atoms with Crippen LogP contribution in [-0.4, -0.2) is 35.7 Å². The van der Waals surface area contributed by atoms with Gasteiger partial charge in [0, 0.05) is 28.7 Å². The molecule has 3 rings (SSSR count). The maximum Gasteiger partial charge on any atom is 0.226 e. The standard InChI is InChI=1S/C21H22FN3O3S/c1-27-17-8-5-6-15(21(17)28-2)14-25-19(10-12-23-25)24-20(26)11-13-29-18-9-4-3-7-16(18)22/h3-10,12H,11,13-14H2,1-2H3,(H,24,26). The first-order chi connectivity index (χ1) is 14.1. The van der Waals surface area contributed by atoms with Crippen LogP contribution >= 0.6 is 11.8 Å². The number of hydrogen-bond donors (Lipinski definition) is 1. The van der Waals surface area contributed by atoms with E-state index < -0.39 is 0 Å². The Balaban J connectivity index is 1.60. The number of ether oxygens (including phenoxy) is 2. The third kappa shape index (κ3) is 5.29. The molecular weight excluding hydrogens is 393 g/mol. The highest BCUT2D eigenvalue weighted by Gasteiger charge is 2.13. The van der Waals surface area contributed by atoms with Gasteiger partial charge in [-0.15, -0.1) is 11.8 Å². The highest BCUT2D eigenvalue weighted by molar-refractivity contribution is 7.99. The fourth-order valence-corrected chi connectivity index (χ4v) is 3.71. The number of carbonyl (C=O) groups excluding carboxylic acids is 1. The van der Waals surface area contributed by atoms with E-state index in [1.165, 1.54) is 17.8 Å². The summed E-state index contributed by atoms with van der Waals surface area (Å²) < 4.78 is 26.1. The summed E-state index contributed by atoms with van der Waals surface area (Å²) in [6.45, 7) is 0.410. The van der Waals surface area contributed by atoms with Gasteiger partial charge < -0.3 is 14.8 Å². The molecule has 0 fully saturated rings. The molecule has 0 saturated carbocycles. The lowest BCUT2D eigenvalue weighted by Gasteiger charge is -2.14. The van der Waals surface area contributed by atoms with Crippen molar-refractivity contribution < 1.29 is 18.7 Å². The Morgan fingerprint density at radius 3 is 2.72 bits per heavy atom. The molecule has 1 aromatic heterocycles. The van der Waals surface area contributed by atoms with E-state index in [1.54, 1.807) is 49.4 Å². The van der Waals surface area contributed by atoms with Crippen LogP contribution < -0.4 is 14.8 Å². The zero-order chi connectivity index (χ0) is 20.6. The molecule has 1 amide bonds. The van der Waals surface area contributed by atoms with E-state index in [4.69, 9.17) is 9.47 Å². The van der Waals surface area contributed by atoms with Crippen molar-refractivity contribution in [2.75, 3.05) is 25.3 Å². The van der Waals surface area contributed by atoms with Crippen LogP contribution in [0.4, 0.5) is 10.2 Å². The van der Waals surface area contributed by atoms with Crippen molar-refractivity contribution in [3.63, 3.8) is 0 Å². The number of benzene rings is 2. The summed E-state index contributed by atoms with van der Waals surface area (Å²) in [5.41, 5.74) is 0.876. The molecule has 0 unspecified atom stereocenters. The molecule has 0 aliphatic carbocycles. The van der Waals surface area contributed by atoms with Crippen LogP contribution in [0.3, 0.4) is 0 Å². The number of thioether (sulfide) groups is 1. The van der Waals surface area contributed by atoms with Crippen molar-refractivity contribution in [2.45, 2.75) is 17.9 Å². The third-order valence-corrected chi connectivity index (χ3v) is 5.26. The summed E-state index contributed by atoms with van der Waals surface area (Å²) in [6, 6.07) is 13.9. The maximum absolute atomic E-state index is 13.6. The number of amides is 1. The number of para-hydroxylation sites is 1. The number of nitrogens with one attached hydrogen (secondary N) is 1. The van der Waals surface area contributed by atoms with E-state index in [1.807, 2.05) is 18.2 Å². The average Bonchev–Trinajstić information content (AvgIpc) is 3.15. The molecule has 0 aliphatic heterocycles. The topological polar surface area (TPSA) is 65.4 Å². The lowest BCUT2D eigenvalue weighted by atomic mass is 10.2. The highest BCUT2D eigenvalue weighted by atomic mass is 32.2. The smallest absolute Gasteiger partial charge is 0.226 e. The minimum atomic E-state index is -0.275. The summed E-state index contributed by atoms with van der Waals surface area (Å²) in [4.78, 5) is 12.8. The quantitative estimate of drug-likeness (QED) is 0.531. The Morgan fingerprint density at radius 2 is 1.97 bits per heavy atom. The fraction of sp³-hybridized carbons (Fsp3) is 0.238. The third-order valence-electron chi connectivity index (χ3n) is 4.21. The van der Waals surface area contributed by atoms with Crippen molar-refractivity contribution in [3.8, 4) is 11.5 Å². The largest absolute Gasteiger partial charge is 0.493 e. The number of methoxy groups -OCH3 is 2. The monoisotopic (exact) mass is 415 g/mol. The molecule has 0 aliphatic rings. The summed E-state index contributed by atoms with van der Waals surface area (Å²) in [5, 5.41) is 7.15. The second-order valence-corrected chi connectivity index (χ2v) is 7.24. The predicted molar refractivity (Wildman–Crippen MR) is 111 cm³/mol. The van der Waals surface area contributed by atoms with E-state index in [-0.39, 0.29) is 18.1 Å². The summed E-state index contributed by atoms with van der Waals surface area (Å²) >= 11 is 1.32. The lowest BCUT2D eigenvalue weighted by molar-refractivity contribution is -0.115. The van der Waals surface area contributed by atoms with Crippen LogP contribution in [0.25, 0.3) is 0 Å². The summed E-state index contributed by atoms with van der Waals surface area (Å²) in [7, 11) is 3.17. The molecule has 1 N–H and O–H groups in total. The molecule has 8 heteroatoms. The van der Waals surface area contributed by atoms with Gasteiger partial charge in [-0.25, -0.2) is 9.07 Å². The predicted octanol–water partition coefficient (Wildman–Crippen LogP) is 4.21. The van der Waals surface area contributed by atoms with Crippen LogP contribution in [0, 0.1) is 5.82 Å². The molecule has 0 atom stereocenters. The number of aromatic nitrogens is 2. The van der Waals surface area contributed by atoms with E-state index in [0.29, 0.717) is 34.5 Å². The molecule has 0 spiro atoms. The van der Waals surface area contributed by atoms with Gasteiger partial charge in [0.15, 0.2) is 11.5 Å². The number of hydrogen-bond acceptors (Lipinski definition) is 5. The first-order valence-corrected chi connectivity index (χ1v) is 9.99. The van der Waals surface area contributed by atoms with E-state index in [0.717, 1.165) is 5.56 Å². The van der Waals surface area contributed by atoms with Gasteiger partial charge in [-0.3, -0.25) is 4.79 Å². The van der Waals surface area contributed by atoms with Crippen molar-refractivity contribution >= 4 is 23.5 Å². The van der Waals surface area contributed by atoms with Gasteiger partial charge in [0.1, 0.15) is 11.6 Å². The van der Waals surface area contributed by atoms with Gasteiger partial charge in [0.05, 0.1) is 27.0 Å². The number of anilines is 1. The number of rotatable bonds is 9. The normalized spacial score (nSPS) is 10.6. The fourth-order valence-electron chi connectivity index (χ4n) is 2.83. The summed E-state index contributed by atoms with van der Waals surface area (Å²) in [6.07, 6.45) is 1.88. The van der Waals surface area contributed by atoms with Crippen molar-refractivity contribution in [1.29, 1.82) is 0 Å². The Morgan fingerprint density at radius 1 is 1.14 bits per heavy atom. The molecule has 29 heavy (non-hydrogen) atoms. The molecule has 0 bridgehead atoms. The van der Waals surface area contributed by atoms with Gasteiger partial charge >= 0.3 is 0 Å². The zero-order valence-corrected chi connectivity index (χ0v) is 17.0. The zero-order valence-electron chi connectivity index (χ0n) is 16.2. The second kappa shape index (κ2) is 9.97. The Labute approximate surface area is 173 Å². The maximum atomic E-state index is 13.6. The molecule has 0 saturated heterocycles. The van der Waals surface area contributed by atoms with Crippen LogP contribution in [0.1, 0.15) is 12.0 Å². The minimum absolute atomic E-state index is 0.159. The van der Waals surface area contributed by atoms with Crippen LogP contribution in [0.2, 0.25) is 0 Å². The molecule has 6 nitrogen and oxygen atoms in total. The molecule has 1 heterocycles. The van der Waals surface area contributed by atoms with E-state index in [9.17, 15) is 9.18 Å². The van der Waals surface area contributed by atoms with Crippen molar-refractivity contribution in [2.24, 2.45) is 0 Å². The second-order valence-electron chi connectivity index (χ2n) is 6.10. The van der Waals surface area contributed by atoms with Gasteiger partial charge in [-0.2, -0.15) is 5.10 Å². The number of halogens is 1. The first kappa shape index (κ1) is 20.7. The summed E-state index contributed by atoms with van der Waals surface area (Å²) in [5.74, 6) is 1.88. The van der Waals surface area contributed by atoms with Crippen LogP contribution in [-0.2, 0) is 11.3 Å². The molecular formula is C21H22FN3O3S. The molecule has 3 aromatic rings. The van der Waals surface area contributed by atoms with Crippen molar-refractivity contribution in [1.82, 2.24) is 9.78 Å². The highest BCUT2D eigenvalue weighted by Crippen LogP contribution is 2.31. The lowest BCUT2D eigenvalue weighted by Crippen LogP contribution is -2.16. The van der Waals surface area contributed by atoms with E-state index in [2.05, 4.69) is 10.4 Å². The van der Waals surface area contributed by atoms with Crippen LogP contribution in [0.15, 0.2) is 59.6 Å². The van der Waals surface area contributed by atoms with Crippen LogP contribution in [0.5, 0.6) is 11.5 Å². The van der Waals surface area contributed by atoms with Gasteiger partial charge in [-0.1, -0.05) is 24.3 Å². The Bertz CT molecular complexity index is 977. The van der Waals surface area contributed by atoms with Crippen molar-refractivity contribution in [3.05, 3.63) is 66.1 Å². The van der Waals surface area contributed by atoms with Gasteiger partial charge in [0.2, 0.25) is 5.91 Å². The number of nitrogens with zero attached hydrogens (tertiary/aromatic N) is 2. The Kier molecular flexibility index (Phi) is 7.13. The Hall–Kier alpha value is -3.00. The molecule has 0 radical (unpaired) electrons. The first-order valence-electron chi connectivity index (χ1n) is 9.01. The van der Waals surface area contributed by atoms with Gasteiger partial charge in [0.25, 0.3) is 0 Å². The average molecular weight is 415 g/mol. The molecule has 152 valence electrons.